The molecule has 28 heavy (non-hydrogen) atoms. The summed E-state index contributed by atoms with van der Waals surface area (Å²) in [5, 5.41) is 3.96. The van der Waals surface area contributed by atoms with Gasteiger partial charge in [0.2, 0.25) is 5.91 Å². The zero-order valence-corrected chi connectivity index (χ0v) is 16.8. The van der Waals surface area contributed by atoms with Crippen molar-refractivity contribution in [3.8, 4) is 17.2 Å². The van der Waals surface area contributed by atoms with Crippen molar-refractivity contribution >= 4 is 16.8 Å². The van der Waals surface area contributed by atoms with Crippen LogP contribution < -0.4 is 10.1 Å². The second kappa shape index (κ2) is 9.40. The van der Waals surface area contributed by atoms with Crippen molar-refractivity contribution < 1.29 is 13.9 Å². The zero-order chi connectivity index (χ0) is 19.9. The Hall–Kier alpha value is -2.82. The average Bonchev–Trinajstić information content (AvgIpc) is 3.12. The summed E-state index contributed by atoms with van der Waals surface area (Å²) >= 11 is 0. The Morgan fingerprint density at radius 2 is 2.00 bits per heavy atom. The van der Waals surface area contributed by atoms with Gasteiger partial charge in [0.05, 0.1) is 12.1 Å². The van der Waals surface area contributed by atoms with Crippen molar-refractivity contribution in [1.82, 2.24) is 10.3 Å². The summed E-state index contributed by atoms with van der Waals surface area (Å²) in [5.74, 6) is 3.07. The maximum absolute atomic E-state index is 11.7. The molecule has 1 N–H and O–H groups in total. The molecule has 2 heterocycles. The Balaban J connectivity index is 1.49. The lowest BCUT2D eigenvalue weighted by Crippen LogP contribution is -2.27. The molecule has 3 rings (SSSR count). The largest absolute Gasteiger partial charge is 0.494 e. The molecule has 0 radical (unpaired) electrons. The van der Waals surface area contributed by atoms with Gasteiger partial charge in [0.1, 0.15) is 17.2 Å². The van der Waals surface area contributed by atoms with Gasteiger partial charge >= 0.3 is 0 Å². The van der Waals surface area contributed by atoms with Crippen molar-refractivity contribution in [3.05, 3.63) is 48.2 Å². The van der Waals surface area contributed by atoms with E-state index in [1.165, 1.54) is 0 Å². The first-order valence-electron chi connectivity index (χ1n) is 9.88. The standard InChI is InChI=1S/C23H28N2O3/c1-16(2)15-24-23(26)6-4-5-13-27-19-9-11-20-18(14-19)8-10-21(25-20)22-12-7-17(3)28-22/h7-12,14,16H,4-6,13,15H2,1-3H3,(H,24,26). The van der Waals surface area contributed by atoms with E-state index in [4.69, 9.17) is 9.15 Å². The lowest BCUT2D eigenvalue weighted by atomic mass is 10.1. The summed E-state index contributed by atoms with van der Waals surface area (Å²) in [6.45, 7) is 7.44. The van der Waals surface area contributed by atoms with Crippen LogP contribution in [0.1, 0.15) is 38.9 Å². The summed E-state index contributed by atoms with van der Waals surface area (Å²) < 4.78 is 11.5. The first-order valence-corrected chi connectivity index (χ1v) is 9.88. The Morgan fingerprint density at radius 3 is 2.75 bits per heavy atom. The Morgan fingerprint density at radius 1 is 1.14 bits per heavy atom. The molecule has 2 aromatic heterocycles. The van der Waals surface area contributed by atoms with Crippen molar-refractivity contribution in [1.29, 1.82) is 0 Å². The topological polar surface area (TPSA) is 64.4 Å². The first kappa shape index (κ1) is 19.9. The molecule has 3 aromatic rings. The SMILES string of the molecule is Cc1ccc(-c2ccc3cc(OCCCCC(=O)NCC(C)C)ccc3n2)o1. The van der Waals surface area contributed by atoms with Crippen LogP contribution in [0.5, 0.6) is 5.75 Å². The van der Waals surface area contributed by atoms with Crippen LogP contribution in [-0.4, -0.2) is 24.0 Å². The molecule has 0 saturated heterocycles. The van der Waals surface area contributed by atoms with E-state index in [1.807, 2.05) is 49.4 Å². The highest BCUT2D eigenvalue weighted by Crippen LogP contribution is 2.25. The third-order valence-electron chi connectivity index (χ3n) is 4.43. The summed E-state index contributed by atoms with van der Waals surface area (Å²) in [6.07, 6.45) is 2.22. The van der Waals surface area contributed by atoms with Crippen LogP contribution in [-0.2, 0) is 4.79 Å². The van der Waals surface area contributed by atoms with Crippen LogP contribution in [0.4, 0.5) is 0 Å². The highest BCUT2D eigenvalue weighted by Gasteiger charge is 2.07. The normalized spacial score (nSPS) is 11.1. The highest BCUT2D eigenvalue weighted by molar-refractivity contribution is 5.82. The molecule has 1 amide bonds. The molecule has 1 aromatic carbocycles. The minimum atomic E-state index is 0.119. The molecule has 0 saturated carbocycles. The molecule has 148 valence electrons. The third kappa shape index (κ3) is 5.59. The van der Waals surface area contributed by atoms with Gasteiger partial charge in [-0.25, -0.2) is 4.98 Å². The average molecular weight is 380 g/mol. The summed E-state index contributed by atoms with van der Waals surface area (Å²) in [7, 11) is 0. The number of benzene rings is 1. The maximum Gasteiger partial charge on any atom is 0.220 e. The number of furan rings is 1. The number of amides is 1. The molecule has 5 nitrogen and oxygen atoms in total. The fourth-order valence-electron chi connectivity index (χ4n) is 2.89. The monoisotopic (exact) mass is 380 g/mol. The second-order valence-electron chi connectivity index (χ2n) is 7.46. The molecule has 0 aliphatic rings. The number of unbranched alkanes of at least 4 members (excludes halogenated alkanes) is 1. The molecule has 0 unspecified atom stereocenters. The van der Waals surface area contributed by atoms with Gasteiger partial charge in [-0.05, 0) is 62.1 Å². The van der Waals surface area contributed by atoms with Crippen molar-refractivity contribution in [3.63, 3.8) is 0 Å². The fraction of sp³-hybridized carbons (Fsp3) is 0.391. The molecule has 0 spiro atoms. The zero-order valence-electron chi connectivity index (χ0n) is 16.8. The lowest BCUT2D eigenvalue weighted by molar-refractivity contribution is -0.121. The number of carbonyl (C=O) groups excluding carboxylic acids is 1. The number of nitrogens with zero attached hydrogens (tertiary/aromatic N) is 1. The van der Waals surface area contributed by atoms with Crippen LogP contribution in [0, 0.1) is 12.8 Å². The smallest absolute Gasteiger partial charge is 0.220 e. The van der Waals surface area contributed by atoms with E-state index >= 15 is 0 Å². The van der Waals surface area contributed by atoms with Gasteiger partial charge in [-0.2, -0.15) is 0 Å². The van der Waals surface area contributed by atoms with Crippen LogP contribution >= 0.6 is 0 Å². The second-order valence-corrected chi connectivity index (χ2v) is 7.46. The number of aryl methyl sites for hydroxylation is 1. The Bertz CT molecular complexity index is 930. The van der Waals surface area contributed by atoms with E-state index in [-0.39, 0.29) is 5.91 Å². The van der Waals surface area contributed by atoms with Crippen molar-refractivity contribution in [2.45, 2.75) is 40.0 Å². The van der Waals surface area contributed by atoms with Gasteiger partial charge < -0.3 is 14.5 Å². The number of aromatic nitrogens is 1. The molecule has 5 heteroatoms. The van der Waals surface area contributed by atoms with E-state index in [2.05, 4.69) is 24.1 Å². The Kier molecular flexibility index (Phi) is 6.69. The summed E-state index contributed by atoms with van der Waals surface area (Å²) in [6, 6.07) is 13.7. The van der Waals surface area contributed by atoms with E-state index in [1.54, 1.807) is 0 Å². The van der Waals surface area contributed by atoms with E-state index in [9.17, 15) is 4.79 Å². The van der Waals surface area contributed by atoms with E-state index < -0.39 is 0 Å². The molecular weight excluding hydrogens is 352 g/mol. The minimum Gasteiger partial charge on any atom is -0.494 e. The van der Waals surface area contributed by atoms with Gasteiger partial charge in [-0.15, -0.1) is 0 Å². The first-order chi connectivity index (χ1) is 13.5. The molecule has 0 fully saturated rings. The van der Waals surface area contributed by atoms with E-state index in [0.717, 1.165) is 53.3 Å². The number of ether oxygens (including phenoxy) is 1. The molecular formula is C23H28N2O3. The van der Waals surface area contributed by atoms with Gasteiger partial charge in [0.25, 0.3) is 0 Å². The van der Waals surface area contributed by atoms with Crippen molar-refractivity contribution in [2.24, 2.45) is 5.92 Å². The van der Waals surface area contributed by atoms with E-state index in [0.29, 0.717) is 18.9 Å². The Labute approximate surface area is 166 Å². The molecule has 0 aliphatic carbocycles. The number of nitrogens with one attached hydrogen (secondary N) is 1. The number of carbonyl (C=O) groups is 1. The van der Waals surface area contributed by atoms with Crippen LogP contribution in [0.25, 0.3) is 22.4 Å². The molecule has 0 bridgehead atoms. The quantitative estimate of drug-likeness (QED) is 0.523. The summed E-state index contributed by atoms with van der Waals surface area (Å²) in [4.78, 5) is 16.4. The third-order valence-corrected chi connectivity index (χ3v) is 4.43. The van der Waals surface area contributed by atoms with Crippen LogP contribution in [0.15, 0.2) is 46.9 Å². The van der Waals surface area contributed by atoms with Crippen LogP contribution in [0.2, 0.25) is 0 Å². The highest BCUT2D eigenvalue weighted by atomic mass is 16.5. The maximum atomic E-state index is 11.7. The van der Waals surface area contributed by atoms with Gasteiger partial charge in [0, 0.05) is 18.4 Å². The number of rotatable bonds is 9. The van der Waals surface area contributed by atoms with Gasteiger partial charge in [-0.3, -0.25) is 4.79 Å². The number of hydrogen-bond acceptors (Lipinski definition) is 4. The van der Waals surface area contributed by atoms with Gasteiger partial charge in [0.15, 0.2) is 5.76 Å². The van der Waals surface area contributed by atoms with Crippen LogP contribution in [0.3, 0.4) is 0 Å². The van der Waals surface area contributed by atoms with Crippen molar-refractivity contribution in [2.75, 3.05) is 13.2 Å². The lowest BCUT2D eigenvalue weighted by Gasteiger charge is -2.09. The minimum absolute atomic E-state index is 0.119. The predicted molar refractivity (Wildman–Crippen MR) is 111 cm³/mol. The molecule has 0 aliphatic heterocycles. The number of fused-ring (bicyclic) bond motifs is 1. The fourth-order valence-corrected chi connectivity index (χ4v) is 2.89. The number of hydrogen-bond donors (Lipinski definition) is 1. The summed E-state index contributed by atoms with van der Waals surface area (Å²) in [5.41, 5.74) is 1.73. The number of pyridine rings is 1. The molecule has 0 atom stereocenters. The van der Waals surface area contributed by atoms with Gasteiger partial charge in [-0.1, -0.05) is 19.9 Å². The predicted octanol–water partition coefficient (Wildman–Crippen LogP) is 5.12.